The summed E-state index contributed by atoms with van der Waals surface area (Å²) in [4.78, 5) is 17.4. The van der Waals surface area contributed by atoms with Crippen LogP contribution < -0.4 is 0 Å². The van der Waals surface area contributed by atoms with E-state index in [0.717, 1.165) is 36.6 Å². The second-order valence-electron chi connectivity index (χ2n) is 9.18. The standard InChI is InChI=1S/C23H30N4O2/c1-15(2)20-14-29-23-8-9-25(21(23)12-22(28)26(20)23)13-18-6-5-7-19(11-18)27-17(4)10-16(3)24-27/h5-7,10-11,15,20-21H,8-9,12-14H2,1-4H3/t20-,21+,23-/m0/s1. The van der Waals surface area contributed by atoms with Crippen molar-refractivity contribution in [2.75, 3.05) is 13.2 Å². The average molecular weight is 395 g/mol. The van der Waals surface area contributed by atoms with Gasteiger partial charge >= 0.3 is 0 Å². The Labute approximate surface area is 172 Å². The van der Waals surface area contributed by atoms with Gasteiger partial charge in [-0.25, -0.2) is 4.68 Å². The number of carbonyl (C=O) groups is 1. The fraction of sp³-hybridized carbons (Fsp3) is 0.565. The highest BCUT2D eigenvalue weighted by molar-refractivity contribution is 5.82. The molecule has 2 aromatic rings. The van der Waals surface area contributed by atoms with Gasteiger partial charge < -0.3 is 9.64 Å². The van der Waals surface area contributed by atoms with Crippen molar-refractivity contribution in [1.29, 1.82) is 0 Å². The van der Waals surface area contributed by atoms with Gasteiger partial charge in [0.05, 0.1) is 30.1 Å². The summed E-state index contributed by atoms with van der Waals surface area (Å²) in [5, 5.41) is 4.62. The Bertz CT molecular complexity index is 952. The van der Waals surface area contributed by atoms with Gasteiger partial charge in [0.1, 0.15) is 0 Å². The van der Waals surface area contributed by atoms with Crippen LogP contribution in [0.15, 0.2) is 30.3 Å². The van der Waals surface area contributed by atoms with Crippen LogP contribution in [0.4, 0.5) is 0 Å². The van der Waals surface area contributed by atoms with Crippen LogP contribution in [0.25, 0.3) is 5.69 Å². The molecular weight excluding hydrogens is 364 g/mol. The number of ether oxygens (including phenoxy) is 1. The van der Waals surface area contributed by atoms with Crippen LogP contribution in [0.5, 0.6) is 0 Å². The summed E-state index contributed by atoms with van der Waals surface area (Å²) in [6.07, 6.45) is 1.48. The zero-order valence-electron chi connectivity index (χ0n) is 17.8. The zero-order valence-corrected chi connectivity index (χ0v) is 17.8. The summed E-state index contributed by atoms with van der Waals surface area (Å²) < 4.78 is 8.36. The highest BCUT2D eigenvalue weighted by Crippen LogP contribution is 2.49. The molecule has 29 heavy (non-hydrogen) atoms. The monoisotopic (exact) mass is 394 g/mol. The summed E-state index contributed by atoms with van der Waals surface area (Å²) in [5.41, 5.74) is 4.09. The van der Waals surface area contributed by atoms with Gasteiger partial charge in [0.25, 0.3) is 0 Å². The third-order valence-corrected chi connectivity index (χ3v) is 6.92. The first-order chi connectivity index (χ1) is 13.9. The summed E-state index contributed by atoms with van der Waals surface area (Å²) in [7, 11) is 0. The molecule has 3 atom stereocenters. The molecule has 3 fully saturated rings. The normalized spacial score (nSPS) is 29.1. The molecule has 6 heteroatoms. The van der Waals surface area contributed by atoms with Gasteiger partial charge in [-0.1, -0.05) is 26.0 Å². The Morgan fingerprint density at radius 3 is 2.83 bits per heavy atom. The number of aromatic nitrogens is 2. The highest BCUT2D eigenvalue weighted by atomic mass is 16.5. The molecule has 0 N–H and O–H groups in total. The molecule has 5 rings (SSSR count). The molecule has 0 unspecified atom stereocenters. The van der Waals surface area contributed by atoms with Crippen molar-refractivity contribution >= 4 is 5.91 Å². The van der Waals surface area contributed by atoms with Crippen LogP contribution in [-0.4, -0.2) is 56.4 Å². The van der Waals surface area contributed by atoms with Crippen molar-refractivity contribution in [3.63, 3.8) is 0 Å². The van der Waals surface area contributed by atoms with Crippen molar-refractivity contribution in [1.82, 2.24) is 19.6 Å². The van der Waals surface area contributed by atoms with Crippen LogP contribution >= 0.6 is 0 Å². The van der Waals surface area contributed by atoms with Gasteiger partial charge in [0.2, 0.25) is 5.91 Å². The van der Waals surface area contributed by atoms with Gasteiger partial charge in [-0.15, -0.1) is 0 Å². The smallest absolute Gasteiger partial charge is 0.226 e. The number of nitrogens with zero attached hydrogens (tertiary/aromatic N) is 4. The maximum absolute atomic E-state index is 12.9. The topological polar surface area (TPSA) is 50.6 Å². The first kappa shape index (κ1) is 18.8. The van der Waals surface area contributed by atoms with Crippen molar-refractivity contribution in [2.24, 2.45) is 5.92 Å². The molecule has 3 aliphatic rings. The molecule has 3 saturated heterocycles. The SMILES string of the molecule is Cc1cc(C)n(-c2cccc(CN3CC[C@@]45OC[C@@H](C(C)C)N4C(=O)C[C@@H]35)c2)n1. The number of rotatable bonds is 4. The molecule has 0 radical (unpaired) electrons. The second kappa shape index (κ2) is 6.67. The van der Waals surface area contributed by atoms with Crippen LogP contribution in [0.2, 0.25) is 0 Å². The lowest BCUT2D eigenvalue weighted by molar-refractivity contribution is -0.139. The quantitative estimate of drug-likeness (QED) is 0.800. The third kappa shape index (κ3) is 2.84. The van der Waals surface area contributed by atoms with Crippen molar-refractivity contribution < 1.29 is 9.53 Å². The van der Waals surface area contributed by atoms with Crippen molar-refractivity contribution in [3.8, 4) is 5.69 Å². The van der Waals surface area contributed by atoms with E-state index in [1.54, 1.807) is 0 Å². The minimum atomic E-state index is -0.403. The lowest BCUT2D eigenvalue weighted by Gasteiger charge is -2.34. The summed E-state index contributed by atoms with van der Waals surface area (Å²) >= 11 is 0. The van der Waals surface area contributed by atoms with Gasteiger partial charge in [-0.2, -0.15) is 5.10 Å². The molecule has 6 nitrogen and oxygen atoms in total. The fourth-order valence-corrected chi connectivity index (χ4v) is 5.55. The van der Waals surface area contributed by atoms with Crippen LogP contribution in [0, 0.1) is 19.8 Å². The van der Waals surface area contributed by atoms with E-state index in [2.05, 4.69) is 66.0 Å². The van der Waals surface area contributed by atoms with Gasteiger partial charge in [-0.05, 0) is 43.5 Å². The molecule has 1 spiro atoms. The van der Waals surface area contributed by atoms with Gasteiger partial charge in [0.15, 0.2) is 5.72 Å². The molecule has 0 saturated carbocycles. The van der Waals surface area contributed by atoms with E-state index in [1.165, 1.54) is 5.56 Å². The maximum Gasteiger partial charge on any atom is 0.226 e. The number of likely N-dealkylation sites (tertiary alicyclic amines) is 1. The highest BCUT2D eigenvalue weighted by Gasteiger charge is 2.64. The van der Waals surface area contributed by atoms with E-state index in [1.807, 2.05) is 11.6 Å². The Hall–Kier alpha value is -2.18. The Morgan fingerprint density at radius 1 is 1.28 bits per heavy atom. The van der Waals surface area contributed by atoms with E-state index in [0.29, 0.717) is 18.9 Å². The molecule has 1 amide bonds. The van der Waals surface area contributed by atoms with Crippen LogP contribution in [0.1, 0.15) is 43.6 Å². The van der Waals surface area contributed by atoms with E-state index < -0.39 is 5.72 Å². The lowest BCUT2D eigenvalue weighted by Crippen LogP contribution is -2.50. The maximum atomic E-state index is 12.9. The second-order valence-corrected chi connectivity index (χ2v) is 9.18. The molecule has 0 aliphatic carbocycles. The molecule has 1 aromatic carbocycles. The minimum absolute atomic E-state index is 0.149. The van der Waals surface area contributed by atoms with E-state index in [9.17, 15) is 4.79 Å². The third-order valence-electron chi connectivity index (χ3n) is 6.92. The minimum Gasteiger partial charge on any atom is -0.352 e. The van der Waals surface area contributed by atoms with Crippen molar-refractivity contribution in [3.05, 3.63) is 47.3 Å². The Balaban J connectivity index is 1.39. The summed E-state index contributed by atoms with van der Waals surface area (Å²) in [6, 6.07) is 11.0. The zero-order chi connectivity index (χ0) is 20.3. The number of hydrogen-bond acceptors (Lipinski definition) is 4. The van der Waals surface area contributed by atoms with Crippen LogP contribution in [-0.2, 0) is 16.1 Å². The lowest BCUT2D eigenvalue weighted by atomic mass is 10.0. The molecule has 4 heterocycles. The number of aryl methyl sites for hydroxylation is 2. The average Bonchev–Trinajstić information content (AvgIpc) is 3.38. The first-order valence-electron chi connectivity index (χ1n) is 10.7. The molecule has 1 aromatic heterocycles. The predicted molar refractivity (Wildman–Crippen MR) is 111 cm³/mol. The van der Waals surface area contributed by atoms with E-state index in [4.69, 9.17) is 4.74 Å². The van der Waals surface area contributed by atoms with Gasteiger partial charge in [-0.3, -0.25) is 9.69 Å². The molecule has 3 aliphatic heterocycles. The number of benzene rings is 1. The summed E-state index contributed by atoms with van der Waals surface area (Å²) in [6.45, 7) is 10.9. The Morgan fingerprint density at radius 2 is 2.10 bits per heavy atom. The number of carbonyl (C=O) groups excluding carboxylic acids is 1. The number of amides is 1. The number of hydrogen-bond donors (Lipinski definition) is 0. The molecule has 0 bridgehead atoms. The fourth-order valence-electron chi connectivity index (χ4n) is 5.55. The molecular formula is C23H30N4O2. The first-order valence-corrected chi connectivity index (χ1v) is 10.7. The van der Waals surface area contributed by atoms with Crippen LogP contribution in [0.3, 0.4) is 0 Å². The van der Waals surface area contributed by atoms with E-state index >= 15 is 0 Å². The Kier molecular flexibility index (Phi) is 4.33. The van der Waals surface area contributed by atoms with Crippen molar-refractivity contribution in [2.45, 2.75) is 64.9 Å². The molecule has 154 valence electrons. The van der Waals surface area contributed by atoms with Gasteiger partial charge in [0, 0.05) is 31.6 Å². The summed E-state index contributed by atoms with van der Waals surface area (Å²) in [5.74, 6) is 0.677. The predicted octanol–water partition coefficient (Wildman–Crippen LogP) is 3.05. The largest absolute Gasteiger partial charge is 0.352 e. The van der Waals surface area contributed by atoms with E-state index in [-0.39, 0.29) is 18.0 Å².